The monoisotopic (exact) mass is 412 g/mol. The van der Waals surface area contributed by atoms with E-state index in [1.54, 1.807) is 18.2 Å². The van der Waals surface area contributed by atoms with E-state index < -0.39 is 0 Å². The second-order valence-corrected chi connectivity index (χ2v) is 8.08. The van der Waals surface area contributed by atoms with Crippen molar-refractivity contribution in [1.29, 1.82) is 5.26 Å². The third-order valence-electron chi connectivity index (χ3n) is 5.73. The Kier molecular flexibility index (Phi) is 5.91. The maximum absolute atomic E-state index is 9.03. The smallest absolute Gasteiger partial charge is 0.137 e. The van der Waals surface area contributed by atoms with Gasteiger partial charge in [-0.1, -0.05) is 18.5 Å². The van der Waals surface area contributed by atoms with E-state index >= 15 is 0 Å². The molecule has 0 radical (unpaired) electrons. The molecule has 1 aromatic carbocycles. The van der Waals surface area contributed by atoms with Crippen molar-refractivity contribution >= 4 is 23.1 Å². The van der Waals surface area contributed by atoms with Gasteiger partial charge >= 0.3 is 0 Å². The van der Waals surface area contributed by atoms with E-state index in [2.05, 4.69) is 28.6 Å². The Labute approximate surface area is 176 Å². The summed E-state index contributed by atoms with van der Waals surface area (Å²) < 4.78 is 12.4. The van der Waals surface area contributed by atoms with Gasteiger partial charge in [-0.3, -0.25) is 0 Å². The number of aryl methyl sites for hydroxylation is 1. The van der Waals surface area contributed by atoms with Gasteiger partial charge in [0.2, 0.25) is 0 Å². The molecular weight excluding hydrogens is 388 g/mol. The molecule has 7 heteroatoms. The zero-order chi connectivity index (χ0) is 20.4. The van der Waals surface area contributed by atoms with Gasteiger partial charge in [0.05, 0.1) is 35.6 Å². The Morgan fingerprint density at radius 3 is 2.76 bits per heavy atom. The Bertz CT molecular complexity index is 921. The second-order valence-electron chi connectivity index (χ2n) is 7.67. The summed E-state index contributed by atoms with van der Waals surface area (Å²) in [6, 6.07) is 7.27. The maximum atomic E-state index is 9.03. The number of piperidine rings is 1. The zero-order valence-corrected chi connectivity index (χ0v) is 17.4. The Hall–Kier alpha value is -2.33. The van der Waals surface area contributed by atoms with E-state index in [4.69, 9.17) is 26.3 Å². The largest absolute Gasteiger partial charge is 0.489 e. The summed E-state index contributed by atoms with van der Waals surface area (Å²) in [7, 11) is 0. The number of hydrogen-bond acceptors (Lipinski definition) is 6. The van der Waals surface area contributed by atoms with Crippen LogP contribution in [-0.4, -0.2) is 37.4 Å². The highest BCUT2D eigenvalue weighted by Crippen LogP contribution is 2.36. The number of nitrogens with one attached hydrogen (secondary N) is 2. The van der Waals surface area contributed by atoms with E-state index in [0.717, 1.165) is 49.6 Å². The first-order valence-electron chi connectivity index (χ1n) is 10.0. The van der Waals surface area contributed by atoms with Gasteiger partial charge in [-0.05, 0) is 31.5 Å². The lowest BCUT2D eigenvalue weighted by molar-refractivity contribution is -0.0825. The van der Waals surface area contributed by atoms with Gasteiger partial charge in [0.1, 0.15) is 17.7 Å². The quantitative estimate of drug-likeness (QED) is 0.776. The van der Waals surface area contributed by atoms with Crippen LogP contribution < -0.4 is 15.4 Å². The van der Waals surface area contributed by atoms with Crippen molar-refractivity contribution in [2.75, 3.05) is 31.6 Å². The summed E-state index contributed by atoms with van der Waals surface area (Å²) in [5.41, 5.74) is 3.29. The average molecular weight is 413 g/mol. The van der Waals surface area contributed by atoms with Crippen LogP contribution in [0.15, 0.2) is 24.4 Å². The summed E-state index contributed by atoms with van der Waals surface area (Å²) in [5, 5.41) is 16.3. The highest BCUT2D eigenvalue weighted by atomic mass is 35.5. The topological polar surface area (TPSA) is 79.2 Å². The molecule has 2 N–H and O–H groups in total. The number of benzene rings is 1. The van der Waals surface area contributed by atoms with Gasteiger partial charge in [0, 0.05) is 42.2 Å². The maximum Gasteiger partial charge on any atom is 0.137 e. The first kappa shape index (κ1) is 20.0. The highest BCUT2D eigenvalue weighted by molar-refractivity contribution is 6.33. The first-order valence-corrected chi connectivity index (χ1v) is 10.4. The van der Waals surface area contributed by atoms with Crippen molar-refractivity contribution in [2.24, 2.45) is 11.8 Å². The van der Waals surface area contributed by atoms with Crippen LogP contribution in [0.1, 0.15) is 23.6 Å². The fourth-order valence-corrected chi connectivity index (χ4v) is 4.31. The molecule has 1 aromatic heterocycles. The molecule has 2 saturated heterocycles. The second kappa shape index (κ2) is 8.58. The number of rotatable bonds is 5. The standard InChI is InChI=1S/C22H25ClN4O2/c1-3-15-10-26-22(27-19-5-4-14(7-24)6-18(19)23)13(2)20(15)29-21-16-8-25-9-17(21)12-28-11-16/h4-6,10,16-17,21,25H,3,8-9,11-12H2,1-2H3,(H,26,27). The minimum absolute atomic E-state index is 0.141. The summed E-state index contributed by atoms with van der Waals surface area (Å²) in [6.45, 7) is 7.42. The fourth-order valence-electron chi connectivity index (χ4n) is 4.08. The third-order valence-corrected chi connectivity index (χ3v) is 6.04. The first-order chi connectivity index (χ1) is 14.1. The van der Waals surface area contributed by atoms with Gasteiger partial charge in [0.15, 0.2) is 0 Å². The van der Waals surface area contributed by atoms with Crippen molar-refractivity contribution in [3.63, 3.8) is 0 Å². The summed E-state index contributed by atoms with van der Waals surface area (Å²) >= 11 is 6.34. The Balaban J connectivity index is 1.63. The number of halogens is 1. The van der Waals surface area contributed by atoms with Crippen LogP contribution in [0.3, 0.4) is 0 Å². The minimum atomic E-state index is 0.141. The number of nitriles is 1. The zero-order valence-electron chi connectivity index (χ0n) is 16.7. The predicted octanol–water partition coefficient (Wildman–Crippen LogP) is 3.83. The highest BCUT2D eigenvalue weighted by Gasteiger charge is 2.39. The van der Waals surface area contributed by atoms with Crippen LogP contribution in [0.5, 0.6) is 5.75 Å². The Morgan fingerprint density at radius 2 is 2.10 bits per heavy atom. The molecule has 29 heavy (non-hydrogen) atoms. The van der Waals surface area contributed by atoms with E-state index in [1.807, 2.05) is 13.1 Å². The molecule has 6 nitrogen and oxygen atoms in total. The van der Waals surface area contributed by atoms with Gasteiger partial charge in [-0.2, -0.15) is 5.26 Å². The molecule has 3 heterocycles. The van der Waals surface area contributed by atoms with Crippen molar-refractivity contribution < 1.29 is 9.47 Å². The molecule has 152 valence electrons. The lowest BCUT2D eigenvalue weighted by atomic mass is 9.85. The summed E-state index contributed by atoms with van der Waals surface area (Å²) in [4.78, 5) is 4.60. The molecular formula is C22H25ClN4O2. The van der Waals surface area contributed by atoms with Crippen molar-refractivity contribution in [1.82, 2.24) is 10.3 Å². The number of ether oxygens (including phenoxy) is 2. The number of fused-ring (bicyclic) bond motifs is 2. The summed E-state index contributed by atoms with van der Waals surface area (Å²) in [6.07, 6.45) is 2.86. The van der Waals surface area contributed by atoms with Crippen LogP contribution >= 0.6 is 11.6 Å². The molecule has 2 aliphatic rings. The van der Waals surface area contributed by atoms with Crippen LogP contribution in [0, 0.1) is 30.1 Å². The molecule has 2 unspecified atom stereocenters. The molecule has 0 aliphatic carbocycles. The van der Waals surface area contributed by atoms with E-state index in [-0.39, 0.29) is 6.10 Å². The van der Waals surface area contributed by atoms with E-state index in [1.165, 1.54) is 0 Å². The molecule has 2 aromatic rings. The molecule has 0 saturated carbocycles. The molecule has 2 bridgehead atoms. The summed E-state index contributed by atoms with van der Waals surface area (Å²) in [5.74, 6) is 2.31. The SMILES string of the molecule is CCc1cnc(Nc2ccc(C#N)cc2Cl)c(C)c1OC1C2CNCC1COC2. The molecule has 2 atom stereocenters. The molecule has 2 aliphatic heterocycles. The van der Waals surface area contributed by atoms with E-state index in [9.17, 15) is 0 Å². The lowest BCUT2D eigenvalue weighted by Crippen LogP contribution is -2.56. The normalized spacial score (nSPS) is 23.3. The predicted molar refractivity (Wildman–Crippen MR) is 113 cm³/mol. The molecule has 4 rings (SSSR count). The molecule has 2 fully saturated rings. The van der Waals surface area contributed by atoms with Gasteiger partial charge < -0.3 is 20.1 Å². The minimum Gasteiger partial charge on any atom is -0.489 e. The number of hydrogen-bond donors (Lipinski definition) is 2. The molecule has 0 amide bonds. The number of nitrogens with zero attached hydrogens (tertiary/aromatic N) is 2. The lowest BCUT2D eigenvalue weighted by Gasteiger charge is -2.42. The van der Waals surface area contributed by atoms with Crippen LogP contribution in [0.2, 0.25) is 5.02 Å². The third kappa shape index (κ3) is 4.04. The van der Waals surface area contributed by atoms with Gasteiger partial charge in [-0.25, -0.2) is 4.98 Å². The van der Waals surface area contributed by atoms with Crippen molar-refractivity contribution in [3.05, 3.63) is 46.1 Å². The number of aromatic nitrogens is 1. The van der Waals surface area contributed by atoms with Crippen LogP contribution in [-0.2, 0) is 11.2 Å². The van der Waals surface area contributed by atoms with Crippen LogP contribution in [0.4, 0.5) is 11.5 Å². The van der Waals surface area contributed by atoms with Gasteiger partial charge in [-0.15, -0.1) is 0 Å². The molecule has 0 spiro atoms. The fraction of sp³-hybridized carbons (Fsp3) is 0.455. The van der Waals surface area contributed by atoms with Gasteiger partial charge in [0.25, 0.3) is 0 Å². The van der Waals surface area contributed by atoms with Crippen molar-refractivity contribution in [3.8, 4) is 11.8 Å². The van der Waals surface area contributed by atoms with Crippen LogP contribution in [0.25, 0.3) is 0 Å². The van der Waals surface area contributed by atoms with E-state index in [0.29, 0.717) is 33.9 Å². The number of pyridine rings is 1. The average Bonchev–Trinajstić information content (AvgIpc) is 2.72. The van der Waals surface area contributed by atoms with Crippen molar-refractivity contribution in [2.45, 2.75) is 26.4 Å². The number of anilines is 2. The Morgan fingerprint density at radius 1 is 1.34 bits per heavy atom.